The predicted molar refractivity (Wildman–Crippen MR) is 65.8 cm³/mol. The molecule has 0 radical (unpaired) electrons. The zero-order valence-corrected chi connectivity index (χ0v) is 10.7. The highest BCUT2D eigenvalue weighted by atomic mass is 15.3. The fourth-order valence-corrected chi connectivity index (χ4v) is 1.71. The van der Waals surface area contributed by atoms with Crippen LogP contribution in [0.5, 0.6) is 0 Å². The van der Waals surface area contributed by atoms with Gasteiger partial charge in [-0.1, -0.05) is 34.6 Å². The van der Waals surface area contributed by atoms with Crippen LogP contribution in [0.15, 0.2) is 18.3 Å². The van der Waals surface area contributed by atoms with Gasteiger partial charge in [-0.05, 0) is 18.1 Å². The van der Waals surface area contributed by atoms with Crippen molar-refractivity contribution in [3.05, 3.63) is 29.7 Å². The van der Waals surface area contributed by atoms with Crippen molar-refractivity contribution in [1.82, 2.24) is 14.6 Å². The van der Waals surface area contributed by atoms with Gasteiger partial charge in [0.2, 0.25) is 0 Å². The van der Waals surface area contributed by atoms with Gasteiger partial charge >= 0.3 is 0 Å². The van der Waals surface area contributed by atoms with E-state index in [-0.39, 0.29) is 5.41 Å². The molecule has 0 aliphatic heterocycles. The van der Waals surface area contributed by atoms with Crippen molar-refractivity contribution in [2.45, 2.75) is 46.0 Å². The lowest BCUT2D eigenvalue weighted by Crippen LogP contribution is -2.16. The molecule has 16 heavy (non-hydrogen) atoms. The topological polar surface area (TPSA) is 30.2 Å². The maximum atomic E-state index is 4.66. The minimum atomic E-state index is 0.0714. The first kappa shape index (κ1) is 11.1. The average Bonchev–Trinajstić information content (AvgIpc) is 2.58. The Morgan fingerprint density at radius 2 is 1.88 bits per heavy atom. The summed E-state index contributed by atoms with van der Waals surface area (Å²) in [5.74, 6) is 0.444. The summed E-state index contributed by atoms with van der Waals surface area (Å²) in [6, 6.07) is 4.09. The normalized spacial score (nSPS) is 12.6. The summed E-state index contributed by atoms with van der Waals surface area (Å²) in [4.78, 5) is 4.39. The first-order valence-corrected chi connectivity index (χ1v) is 5.75. The Bertz CT molecular complexity index is 503. The SMILES string of the molecule is CC(C)c1ccc2ncc(C(C)(C)C)n2n1. The van der Waals surface area contributed by atoms with Crippen LogP contribution in [0.25, 0.3) is 5.65 Å². The first-order chi connectivity index (χ1) is 7.39. The van der Waals surface area contributed by atoms with Crippen molar-refractivity contribution in [2.24, 2.45) is 0 Å². The summed E-state index contributed by atoms with van der Waals surface area (Å²) < 4.78 is 1.97. The highest BCUT2D eigenvalue weighted by molar-refractivity contribution is 5.40. The lowest BCUT2D eigenvalue weighted by Gasteiger charge is -2.17. The first-order valence-electron chi connectivity index (χ1n) is 5.75. The molecule has 2 aromatic rings. The van der Waals surface area contributed by atoms with Gasteiger partial charge in [0.15, 0.2) is 5.65 Å². The number of rotatable bonds is 1. The van der Waals surface area contributed by atoms with Crippen LogP contribution in [-0.2, 0) is 5.41 Å². The third-order valence-corrected chi connectivity index (χ3v) is 2.74. The molecular formula is C13H19N3. The Morgan fingerprint density at radius 1 is 1.19 bits per heavy atom. The van der Waals surface area contributed by atoms with E-state index in [4.69, 9.17) is 0 Å². The van der Waals surface area contributed by atoms with Crippen LogP contribution < -0.4 is 0 Å². The number of hydrogen-bond donors (Lipinski definition) is 0. The van der Waals surface area contributed by atoms with E-state index in [1.165, 1.54) is 0 Å². The number of hydrogen-bond acceptors (Lipinski definition) is 2. The molecule has 0 atom stereocenters. The van der Waals surface area contributed by atoms with Gasteiger partial charge < -0.3 is 0 Å². The van der Waals surface area contributed by atoms with Gasteiger partial charge in [-0.3, -0.25) is 0 Å². The molecule has 0 aliphatic rings. The van der Waals surface area contributed by atoms with Crippen LogP contribution in [0, 0.1) is 0 Å². The molecule has 2 heterocycles. The van der Waals surface area contributed by atoms with Gasteiger partial charge in [0.1, 0.15) is 0 Å². The molecule has 0 saturated heterocycles. The molecule has 86 valence electrons. The molecule has 0 fully saturated rings. The fourth-order valence-electron chi connectivity index (χ4n) is 1.71. The summed E-state index contributed by atoms with van der Waals surface area (Å²) in [7, 11) is 0. The number of imidazole rings is 1. The maximum absolute atomic E-state index is 4.66. The summed E-state index contributed by atoms with van der Waals surface area (Å²) in [5.41, 5.74) is 3.26. The van der Waals surface area contributed by atoms with Gasteiger partial charge in [-0.15, -0.1) is 0 Å². The van der Waals surface area contributed by atoms with Crippen LogP contribution in [-0.4, -0.2) is 14.6 Å². The van der Waals surface area contributed by atoms with Crippen LogP contribution in [0.2, 0.25) is 0 Å². The van der Waals surface area contributed by atoms with E-state index in [2.05, 4.69) is 50.8 Å². The minimum Gasteiger partial charge on any atom is -0.235 e. The zero-order chi connectivity index (χ0) is 11.9. The van der Waals surface area contributed by atoms with Crippen LogP contribution in [0.1, 0.15) is 51.9 Å². The third kappa shape index (κ3) is 1.82. The number of aromatic nitrogens is 3. The van der Waals surface area contributed by atoms with Crippen LogP contribution in [0.3, 0.4) is 0 Å². The third-order valence-electron chi connectivity index (χ3n) is 2.74. The van der Waals surface area contributed by atoms with Crippen LogP contribution in [0.4, 0.5) is 0 Å². The van der Waals surface area contributed by atoms with Crippen molar-refractivity contribution < 1.29 is 0 Å². The molecule has 3 nitrogen and oxygen atoms in total. The highest BCUT2D eigenvalue weighted by Crippen LogP contribution is 2.23. The van der Waals surface area contributed by atoms with Gasteiger partial charge in [-0.25, -0.2) is 9.50 Å². The van der Waals surface area contributed by atoms with Crippen molar-refractivity contribution >= 4 is 5.65 Å². The van der Waals surface area contributed by atoms with Crippen molar-refractivity contribution in [3.63, 3.8) is 0 Å². The molecule has 2 rings (SSSR count). The van der Waals surface area contributed by atoms with Crippen molar-refractivity contribution in [2.75, 3.05) is 0 Å². The van der Waals surface area contributed by atoms with Gasteiger partial charge in [0.25, 0.3) is 0 Å². The van der Waals surface area contributed by atoms with Gasteiger partial charge in [0.05, 0.1) is 17.6 Å². The lowest BCUT2D eigenvalue weighted by molar-refractivity contribution is 0.547. The molecule has 0 bridgehead atoms. The molecule has 0 amide bonds. The zero-order valence-electron chi connectivity index (χ0n) is 10.7. The minimum absolute atomic E-state index is 0.0714. The smallest absolute Gasteiger partial charge is 0.153 e. The van der Waals surface area contributed by atoms with E-state index in [0.29, 0.717) is 5.92 Å². The summed E-state index contributed by atoms with van der Waals surface area (Å²) >= 11 is 0. The monoisotopic (exact) mass is 217 g/mol. The standard InChI is InChI=1S/C13H19N3/c1-9(2)10-6-7-12-14-8-11(13(3,4)5)16(12)15-10/h6-9H,1-5H3. The predicted octanol–water partition coefficient (Wildman–Crippen LogP) is 3.15. The molecule has 0 unspecified atom stereocenters. The van der Waals surface area contributed by atoms with E-state index in [9.17, 15) is 0 Å². The second kappa shape index (κ2) is 3.58. The number of fused-ring (bicyclic) bond motifs is 1. The van der Waals surface area contributed by atoms with E-state index >= 15 is 0 Å². The second-order valence-electron chi connectivity index (χ2n) is 5.58. The molecule has 0 N–H and O–H groups in total. The Morgan fingerprint density at radius 3 is 2.44 bits per heavy atom. The van der Waals surface area contributed by atoms with Crippen molar-refractivity contribution in [1.29, 1.82) is 0 Å². The molecule has 0 aromatic carbocycles. The molecule has 0 aliphatic carbocycles. The Hall–Kier alpha value is -1.38. The second-order valence-corrected chi connectivity index (χ2v) is 5.58. The Kier molecular flexibility index (Phi) is 2.49. The quantitative estimate of drug-likeness (QED) is 0.734. The molecule has 0 saturated carbocycles. The van der Waals surface area contributed by atoms with E-state index in [1.54, 1.807) is 0 Å². The highest BCUT2D eigenvalue weighted by Gasteiger charge is 2.19. The van der Waals surface area contributed by atoms with E-state index in [0.717, 1.165) is 17.0 Å². The molecule has 2 aromatic heterocycles. The summed E-state index contributed by atoms with van der Waals surface area (Å²) in [5, 5.41) is 4.66. The van der Waals surface area contributed by atoms with Crippen molar-refractivity contribution in [3.8, 4) is 0 Å². The van der Waals surface area contributed by atoms with E-state index in [1.807, 2.05) is 16.8 Å². The molecule has 0 spiro atoms. The fraction of sp³-hybridized carbons (Fsp3) is 0.538. The molecule has 3 heteroatoms. The van der Waals surface area contributed by atoms with Gasteiger partial charge in [-0.2, -0.15) is 5.10 Å². The number of nitrogens with zero attached hydrogens (tertiary/aromatic N) is 3. The summed E-state index contributed by atoms with van der Waals surface area (Å²) in [6.45, 7) is 10.9. The maximum Gasteiger partial charge on any atom is 0.153 e. The van der Waals surface area contributed by atoms with Gasteiger partial charge in [0, 0.05) is 5.41 Å². The lowest BCUT2D eigenvalue weighted by atomic mass is 9.93. The van der Waals surface area contributed by atoms with E-state index < -0.39 is 0 Å². The largest absolute Gasteiger partial charge is 0.235 e. The summed E-state index contributed by atoms with van der Waals surface area (Å²) in [6.07, 6.45) is 1.92. The Labute approximate surface area is 96.5 Å². The molecular weight excluding hydrogens is 198 g/mol. The average molecular weight is 217 g/mol. The van der Waals surface area contributed by atoms with Crippen LogP contribution >= 0.6 is 0 Å². The Balaban J connectivity index is 2.65.